The largest absolute Gasteiger partial charge is 0.508 e. The average Bonchev–Trinajstić information content (AvgIpc) is 3.49. The summed E-state index contributed by atoms with van der Waals surface area (Å²) in [5, 5.41) is 59.6. The fourth-order valence-electron chi connectivity index (χ4n) is 7.47. The minimum absolute atomic E-state index is 0.00863. The van der Waals surface area contributed by atoms with Gasteiger partial charge in [0.15, 0.2) is 17.6 Å². The van der Waals surface area contributed by atoms with E-state index in [-0.39, 0.29) is 24.0 Å². The van der Waals surface area contributed by atoms with Crippen LogP contribution in [0.25, 0.3) is 17.2 Å². The van der Waals surface area contributed by atoms with Gasteiger partial charge < -0.3 is 64.6 Å². The molecule has 0 radical (unpaired) electrons. The Kier molecular flexibility index (Phi) is 8.13. The number of hydrogen-bond acceptors (Lipinski definition) is 13. The lowest BCUT2D eigenvalue weighted by Crippen LogP contribution is -2.75. The third-order valence-electron chi connectivity index (χ3n) is 9.70. The standard InChI is InChI=1S/C35H38N2O12/c1-36-13-17-11-23(44-3)29(45-4)30-24(17)21-14-46-27-19-8-9-35(32(41)26(39)31(40)34(49-35,15-37-2)33(42)43)48-22(19)12-20(25(27)28(21)47-30)16-6-5-7-18(38)10-16/h5-12,21,26,28,31-32,36-41H,13-15H2,1-4H3,(H,42,43)/t21-,26-,28+,31-,32+,34-,35+/m0/s1. The van der Waals surface area contributed by atoms with Crippen LogP contribution in [0.4, 0.5) is 0 Å². The van der Waals surface area contributed by atoms with Gasteiger partial charge in [-0.3, -0.25) is 0 Å². The number of carboxylic acids is 1. The Morgan fingerprint density at radius 1 is 1.02 bits per heavy atom. The van der Waals surface area contributed by atoms with Crippen LogP contribution in [-0.2, 0) is 16.1 Å². The van der Waals surface area contributed by atoms with Crippen molar-refractivity contribution < 1.29 is 58.7 Å². The summed E-state index contributed by atoms with van der Waals surface area (Å²) in [5.41, 5.74) is 1.74. The first kappa shape index (κ1) is 33.0. The highest BCUT2D eigenvalue weighted by molar-refractivity contribution is 5.83. The molecule has 0 aromatic heterocycles. The van der Waals surface area contributed by atoms with E-state index in [0.717, 1.165) is 11.1 Å². The number of benzene rings is 3. The van der Waals surface area contributed by atoms with Crippen molar-refractivity contribution >= 4 is 12.0 Å². The number of aliphatic hydroxyl groups is 3. The number of ether oxygens (including phenoxy) is 6. The van der Waals surface area contributed by atoms with E-state index >= 15 is 0 Å². The van der Waals surface area contributed by atoms with Gasteiger partial charge in [-0.05, 0) is 67.2 Å². The highest BCUT2D eigenvalue weighted by atomic mass is 16.7. The van der Waals surface area contributed by atoms with Gasteiger partial charge in [-0.2, -0.15) is 0 Å². The van der Waals surface area contributed by atoms with Gasteiger partial charge in [0.25, 0.3) is 5.79 Å². The first-order chi connectivity index (χ1) is 23.5. The molecule has 4 aliphatic heterocycles. The maximum absolute atomic E-state index is 12.5. The van der Waals surface area contributed by atoms with Crippen LogP contribution in [0.1, 0.15) is 34.3 Å². The topological polar surface area (TPSA) is 198 Å². The maximum atomic E-state index is 12.5. The summed E-state index contributed by atoms with van der Waals surface area (Å²) in [6.45, 7) is 0.324. The molecule has 260 valence electrons. The fraction of sp³-hybridized carbons (Fsp3) is 0.400. The number of phenols is 1. The minimum atomic E-state index is -2.38. The van der Waals surface area contributed by atoms with Crippen molar-refractivity contribution in [2.45, 2.75) is 48.3 Å². The average molecular weight is 679 g/mol. The number of phenolic OH excluding ortho intramolecular Hbond substituents is 1. The second kappa shape index (κ2) is 12.1. The summed E-state index contributed by atoms with van der Waals surface area (Å²) < 4.78 is 37.1. The number of hydrogen-bond donors (Lipinski definition) is 7. The molecule has 0 amide bonds. The van der Waals surface area contributed by atoms with Gasteiger partial charge in [-0.25, -0.2) is 4.79 Å². The Balaban J connectivity index is 1.41. The van der Waals surface area contributed by atoms with Crippen molar-refractivity contribution in [3.05, 3.63) is 64.7 Å². The normalized spacial score (nSPS) is 29.1. The molecular weight excluding hydrogens is 640 g/mol. The monoisotopic (exact) mass is 678 g/mol. The Hall–Kier alpha value is -4.57. The number of aliphatic carboxylic acids is 1. The molecule has 3 aromatic carbocycles. The van der Waals surface area contributed by atoms with Crippen LogP contribution < -0.4 is 34.3 Å². The van der Waals surface area contributed by atoms with Crippen LogP contribution >= 0.6 is 0 Å². The van der Waals surface area contributed by atoms with Gasteiger partial charge in [0.05, 0.1) is 32.3 Å². The van der Waals surface area contributed by atoms with Crippen molar-refractivity contribution in [2.24, 2.45) is 0 Å². The molecule has 0 bridgehead atoms. The molecule has 1 spiro atoms. The number of carbonyl (C=O) groups is 1. The van der Waals surface area contributed by atoms with Crippen LogP contribution in [-0.4, -0.2) is 103 Å². The number of nitrogens with one attached hydrogen (secondary N) is 2. The van der Waals surface area contributed by atoms with Crippen LogP contribution in [0.15, 0.2) is 42.5 Å². The van der Waals surface area contributed by atoms with Crippen molar-refractivity contribution in [3.8, 4) is 45.6 Å². The highest BCUT2D eigenvalue weighted by Gasteiger charge is 2.65. The second-order valence-corrected chi connectivity index (χ2v) is 12.5. The Bertz CT molecular complexity index is 1850. The number of carboxylic acid groups (broad SMARTS) is 1. The van der Waals surface area contributed by atoms with Crippen LogP contribution in [0.3, 0.4) is 0 Å². The Morgan fingerprint density at radius 2 is 1.82 bits per heavy atom. The van der Waals surface area contributed by atoms with E-state index in [9.17, 15) is 30.3 Å². The number of fused-ring (bicyclic) bond motifs is 7. The van der Waals surface area contributed by atoms with Crippen molar-refractivity contribution in [1.82, 2.24) is 10.6 Å². The second-order valence-electron chi connectivity index (χ2n) is 12.5. The molecule has 14 heteroatoms. The van der Waals surface area contributed by atoms with E-state index in [2.05, 4.69) is 10.6 Å². The molecule has 0 saturated carbocycles. The lowest BCUT2D eigenvalue weighted by molar-refractivity contribution is -0.340. The van der Waals surface area contributed by atoms with Crippen LogP contribution in [0.5, 0.6) is 34.5 Å². The molecular formula is C35H38N2O12. The van der Waals surface area contributed by atoms with E-state index in [1.54, 1.807) is 44.6 Å². The summed E-state index contributed by atoms with van der Waals surface area (Å²) in [7, 11) is 6.42. The van der Waals surface area contributed by atoms with Gasteiger partial charge in [-0.1, -0.05) is 12.1 Å². The summed E-state index contributed by atoms with van der Waals surface area (Å²) >= 11 is 0. The maximum Gasteiger partial charge on any atom is 0.340 e. The van der Waals surface area contributed by atoms with E-state index in [4.69, 9.17) is 28.4 Å². The Labute approximate surface area is 281 Å². The number of aliphatic hydroxyl groups excluding tert-OH is 3. The van der Waals surface area contributed by atoms with E-state index in [1.807, 2.05) is 13.1 Å². The van der Waals surface area contributed by atoms with E-state index in [1.165, 1.54) is 19.2 Å². The van der Waals surface area contributed by atoms with Gasteiger partial charge in [0.1, 0.15) is 35.6 Å². The molecule has 4 heterocycles. The smallest absolute Gasteiger partial charge is 0.340 e. The number of rotatable bonds is 8. The zero-order valence-corrected chi connectivity index (χ0v) is 27.2. The predicted molar refractivity (Wildman–Crippen MR) is 173 cm³/mol. The van der Waals surface area contributed by atoms with Gasteiger partial charge in [0.2, 0.25) is 11.4 Å². The fourth-order valence-corrected chi connectivity index (χ4v) is 7.47. The van der Waals surface area contributed by atoms with E-state index in [0.29, 0.717) is 51.8 Å². The molecule has 49 heavy (non-hydrogen) atoms. The SMILES string of the molecule is CNCc1cc(OC)c(OC)c2c1[C@@H]1COc3c4c(cc(-c5cccc(O)c5)c3[C@@H]1O2)O[C@]1(C=C4)O[C@](CNC)(C(=O)O)[C@@H](O)[C@H](O)[C@H]1O. The summed E-state index contributed by atoms with van der Waals surface area (Å²) in [6, 6.07) is 10.2. The van der Waals surface area contributed by atoms with Crippen molar-refractivity contribution in [3.63, 3.8) is 0 Å². The van der Waals surface area contributed by atoms with E-state index < -0.39 is 48.3 Å². The Morgan fingerprint density at radius 3 is 2.49 bits per heavy atom. The molecule has 14 nitrogen and oxygen atoms in total. The predicted octanol–water partition coefficient (Wildman–Crippen LogP) is 1.66. The third kappa shape index (κ3) is 4.81. The molecule has 1 fully saturated rings. The van der Waals surface area contributed by atoms with Crippen LogP contribution in [0, 0.1) is 0 Å². The molecule has 7 N–H and O–H groups in total. The summed E-state index contributed by atoms with van der Waals surface area (Å²) in [4.78, 5) is 12.5. The minimum Gasteiger partial charge on any atom is -0.508 e. The molecule has 0 aliphatic carbocycles. The third-order valence-corrected chi connectivity index (χ3v) is 9.70. The number of likely N-dealkylation sites (N-methyl/N-ethyl adjacent to an activating group) is 1. The van der Waals surface area contributed by atoms with Gasteiger partial charge in [-0.15, -0.1) is 0 Å². The highest BCUT2D eigenvalue weighted by Crippen LogP contribution is 2.61. The first-order valence-electron chi connectivity index (χ1n) is 15.8. The zero-order chi connectivity index (χ0) is 34.8. The molecule has 7 rings (SSSR count). The van der Waals surface area contributed by atoms with Crippen LogP contribution in [0.2, 0.25) is 0 Å². The molecule has 4 aliphatic rings. The number of aromatic hydroxyl groups is 1. The van der Waals surface area contributed by atoms with Crippen molar-refractivity contribution in [1.29, 1.82) is 0 Å². The van der Waals surface area contributed by atoms with Crippen molar-refractivity contribution in [2.75, 3.05) is 41.5 Å². The lowest BCUT2D eigenvalue weighted by Gasteiger charge is -2.52. The van der Waals surface area contributed by atoms with Gasteiger partial charge >= 0.3 is 5.97 Å². The molecule has 1 saturated heterocycles. The molecule has 3 aromatic rings. The quantitative estimate of drug-likeness (QED) is 0.182. The summed E-state index contributed by atoms with van der Waals surface area (Å²) in [6.07, 6.45) is -3.52. The van der Waals surface area contributed by atoms with Gasteiger partial charge in [0, 0.05) is 24.2 Å². The number of methoxy groups -OCH3 is 2. The zero-order valence-electron chi connectivity index (χ0n) is 27.2. The molecule has 7 atom stereocenters. The summed E-state index contributed by atoms with van der Waals surface area (Å²) in [5.74, 6) is -2.00. The molecule has 0 unspecified atom stereocenters. The lowest BCUT2D eigenvalue weighted by atomic mass is 9.80. The first-order valence-corrected chi connectivity index (χ1v) is 15.8.